The molecule has 8 nitrogen and oxygen atoms in total. The van der Waals surface area contributed by atoms with Gasteiger partial charge in [-0.25, -0.2) is 9.18 Å². The molecule has 9 heteroatoms. The van der Waals surface area contributed by atoms with Crippen molar-refractivity contribution < 1.29 is 28.7 Å². The van der Waals surface area contributed by atoms with Gasteiger partial charge < -0.3 is 15.2 Å². The quantitative estimate of drug-likeness (QED) is 0.597. The number of ether oxygens (including phenoxy) is 1. The first-order valence-corrected chi connectivity index (χ1v) is 5.79. The van der Waals surface area contributed by atoms with Crippen molar-refractivity contribution in [3.05, 3.63) is 33.6 Å². The summed E-state index contributed by atoms with van der Waals surface area (Å²) in [7, 11) is 0. The Morgan fingerprint density at radius 3 is 2.62 bits per heavy atom. The monoisotopic (exact) mass is 300 g/mol. The number of nitrogens with zero attached hydrogens (tertiary/aromatic N) is 1. The molecule has 1 rings (SSSR count). The molecule has 1 atom stereocenters. The van der Waals surface area contributed by atoms with E-state index in [9.17, 15) is 24.1 Å². The number of hydrogen-bond donors (Lipinski definition) is 2. The molecule has 2 N–H and O–H groups in total. The number of nitrogens with one attached hydrogen (secondary N) is 1. The largest absolute Gasteiger partial charge is 0.488 e. The first kappa shape index (κ1) is 16.3. The van der Waals surface area contributed by atoms with Crippen molar-refractivity contribution in [1.29, 1.82) is 0 Å². The predicted octanol–water partition coefficient (Wildman–Crippen LogP) is 1.01. The van der Waals surface area contributed by atoms with Crippen LogP contribution < -0.4 is 10.1 Å². The fourth-order valence-electron chi connectivity index (χ4n) is 1.54. The Kier molecular flexibility index (Phi) is 5.17. The maximum atomic E-state index is 13.6. The third-order valence-electron chi connectivity index (χ3n) is 2.53. The minimum Gasteiger partial charge on any atom is -0.488 e. The van der Waals surface area contributed by atoms with E-state index < -0.39 is 41.0 Å². The zero-order valence-corrected chi connectivity index (χ0v) is 11.3. The van der Waals surface area contributed by atoms with Gasteiger partial charge in [0.05, 0.1) is 11.0 Å². The lowest BCUT2D eigenvalue weighted by Crippen LogP contribution is -2.43. The molecule has 0 saturated heterocycles. The van der Waals surface area contributed by atoms with Gasteiger partial charge in [0.2, 0.25) is 5.91 Å². The van der Waals surface area contributed by atoms with Crippen LogP contribution in [-0.4, -0.2) is 34.6 Å². The first-order valence-electron chi connectivity index (χ1n) is 5.79. The lowest BCUT2D eigenvalue weighted by atomic mass is 10.2. The molecule has 0 bridgehead atoms. The van der Waals surface area contributed by atoms with Gasteiger partial charge in [0.1, 0.15) is 6.61 Å². The normalized spacial score (nSPS) is 11.6. The van der Waals surface area contributed by atoms with Gasteiger partial charge in [-0.3, -0.25) is 14.9 Å². The average molecular weight is 300 g/mol. The van der Waals surface area contributed by atoms with Crippen molar-refractivity contribution in [2.75, 3.05) is 6.61 Å². The van der Waals surface area contributed by atoms with E-state index in [2.05, 4.69) is 5.32 Å². The van der Waals surface area contributed by atoms with E-state index in [0.29, 0.717) is 6.07 Å². The number of aryl methyl sites for hydroxylation is 1. The Morgan fingerprint density at radius 1 is 1.52 bits per heavy atom. The summed E-state index contributed by atoms with van der Waals surface area (Å²) >= 11 is 0. The summed E-state index contributed by atoms with van der Waals surface area (Å²) in [6, 6.07) is 0.441. The highest BCUT2D eigenvalue weighted by Crippen LogP contribution is 2.27. The molecule has 21 heavy (non-hydrogen) atoms. The molecular weight excluding hydrogens is 287 g/mol. The van der Waals surface area contributed by atoms with Crippen LogP contribution in [0.1, 0.15) is 12.5 Å². The summed E-state index contributed by atoms with van der Waals surface area (Å²) in [6.45, 7) is 2.02. The number of rotatable bonds is 6. The molecule has 1 unspecified atom stereocenters. The number of carbonyl (C=O) groups is 2. The predicted molar refractivity (Wildman–Crippen MR) is 68.5 cm³/mol. The van der Waals surface area contributed by atoms with Crippen LogP contribution in [0.25, 0.3) is 0 Å². The van der Waals surface area contributed by atoms with Crippen molar-refractivity contribution >= 4 is 17.6 Å². The molecule has 1 aromatic carbocycles. The first-order chi connectivity index (χ1) is 9.72. The third-order valence-corrected chi connectivity index (χ3v) is 2.53. The zero-order valence-electron chi connectivity index (χ0n) is 11.3. The van der Waals surface area contributed by atoms with Gasteiger partial charge in [-0.05, 0) is 13.0 Å². The third kappa shape index (κ3) is 4.41. The Bertz CT molecular complexity index is 589. The van der Waals surface area contributed by atoms with E-state index in [1.54, 1.807) is 0 Å². The zero-order chi connectivity index (χ0) is 16.2. The van der Waals surface area contributed by atoms with Gasteiger partial charge in [-0.1, -0.05) is 0 Å². The highest BCUT2D eigenvalue weighted by molar-refractivity contribution is 5.82. The maximum Gasteiger partial charge on any atom is 0.329 e. The Labute approximate surface area is 118 Å². The topological polar surface area (TPSA) is 119 Å². The minimum atomic E-state index is -1.35. The van der Waals surface area contributed by atoms with Crippen LogP contribution in [0.2, 0.25) is 0 Å². The number of nitro groups is 1. The van der Waals surface area contributed by atoms with Crippen LogP contribution >= 0.6 is 0 Å². The number of carboxylic acid groups (broad SMARTS) is 1. The molecule has 0 aromatic heterocycles. The molecular formula is C12H13FN2O6. The van der Waals surface area contributed by atoms with Gasteiger partial charge in [0.25, 0.3) is 5.69 Å². The fourth-order valence-corrected chi connectivity index (χ4v) is 1.54. The molecule has 0 heterocycles. The van der Waals surface area contributed by atoms with Crippen molar-refractivity contribution in [3.8, 4) is 5.75 Å². The van der Waals surface area contributed by atoms with Crippen LogP contribution in [0.5, 0.6) is 5.75 Å². The van der Waals surface area contributed by atoms with Gasteiger partial charge in [0, 0.05) is 12.5 Å². The van der Waals surface area contributed by atoms with Crippen LogP contribution in [0.15, 0.2) is 12.1 Å². The molecule has 0 aliphatic heterocycles. The number of carboxylic acids is 1. The number of benzene rings is 1. The Hall–Kier alpha value is -2.71. The second kappa shape index (κ2) is 6.64. The van der Waals surface area contributed by atoms with E-state index in [0.717, 1.165) is 13.0 Å². The van der Waals surface area contributed by atoms with Gasteiger partial charge >= 0.3 is 5.97 Å². The second-order valence-electron chi connectivity index (χ2n) is 4.23. The van der Waals surface area contributed by atoms with Crippen LogP contribution in [0.3, 0.4) is 0 Å². The fraction of sp³-hybridized carbons (Fsp3) is 0.333. The molecule has 1 amide bonds. The molecule has 0 fully saturated rings. The Morgan fingerprint density at radius 2 is 2.14 bits per heavy atom. The summed E-state index contributed by atoms with van der Waals surface area (Å²) < 4.78 is 18.6. The summed E-state index contributed by atoms with van der Waals surface area (Å²) in [5.74, 6) is -3.23. The van der Waals surface area contributed by atoms with Crippen molar-refractivity contribution in [2.24, 2.45) is 0 Å². The van der Waals surface area contributed by atoms with E-state index in [1.807, 2.05) is 0 Å². The van der Waals surface area contributed by atoms with Crippen molar-refractivity contribution in [3.63, 3.8) is 0 Å². The molecule has 0 spiro atoms. The van der Waals surface area contributed by atoms with Crippen molar-refractivity contribution in [1.82, 2.24) is 5.32 Å². The summed E-state index contributed by atoms with van der Waals surface area (Å²) in [4.78, 5) is 31.6. The summed E-state index contributed by atoms with van der Waals surface area (Å²) in [5.41, 5.74) is -0.237. The average Bonchev–Trinajstić information content (AvgIpc) is 2.36. The SMILES string of the molecule is CC(=O)NC(COc1cc(C)c([N+](=O)[O-])cc1F)C(=O)O. The smallest absolute Gasteiger partial charge is 0.329 e. The van der Waals surface area contributed by atoms with Crippen LogP contribution in [-0.2, 0) is 9.59 Å². The molecule has 1 aromatic rings. The van der Waals surface area contributed by atoms with E-state index in [1.165, 1.54) is 6.92 Å². The van der Waals surface area contributed by atoms with E-state index >= 15 is 0 Å². The minimum absolute atomic E-state index is 0.169. The lowest BCUT2D eigenvalue weighted by Gasteiger charge is -2.15. The second-order valence-corrected chi connectivity index (χ2v) is 4.23. The maximum absolute atomic E-state index is 13.6. The number of nitro benzene ring substituents is 1. The number of carbonyl (C=O) groups excluding carboxylic acids is 1. The van der Waals surface area contributed by atoms with Gasteiger partial charge in [0.15, 0.2) is 17.6 Å². The highest BCUT2D eigenvalue weighted by atomic mass is 19.1. The number of aliphatic carboxylic acids is 1. The standard InChI is InChI=1S/C12H13FN2O6/c1-6-3-11(8(13)4-10(6)15(19)20)21-5-9(12(17)18)14-7(2)16/h3-4,9H,5H2,1-2H3,(H,14,16)(H,17,18). The van der Waals surface area contributed by atoms with Crippen LogP contribution in [0.4, 0.5) is 10.1 Å². The van der Waals surface area contributed by atoms with Gasteiger partial charge in [-0.15, -0.1) is 0 Å². The molecule has 0 saturated carbocycles. The Balaban J connectivity index is 2.88. The van der Waals surface area contributed by atoms with Crippen LogP contribution in [0, 0.1) is 22.9 Å². The summed E-state index contributed by atoms with van der Waals surface area (Å²) in [6.07, 6.45) is 0. The summed E-state index contributed by atoms with van der Waals surface area (Å²) in [5, 5.41) is 21.6. The molecule has 0 aliphatic carbocycles. The number of hydrogen-bond acceptors (Lipinski definition) is 5. The van der Waals surface area contributed by atoms with E-state index in [-0.39, 0.29) is 11.3 Å². The molecule has 0 aliphatic rings. The number of halogens is 1. The highest BCUT2D eigenvalue weighted by Gasteiger charge is 2.21. The van der Waals surface area contributed by atoms with Gasteiger partial charge in [-0.2, -0.15) is 0 Å². The lowest BCUT2D eigenvalue weighted by molar-refractivity contribution is -0.385. The molecule has 114 valence electrons. The van der Waals surface area contributed by atoms with E-state index in [4.69, 9.17) is 9.84 Å². The van der Waals surface area contributed by atoms with Crippen molar-refractivity contribution in [2.45, 2.75) is 19.9 Å². The number of amides is 1. The molecule has 0 radical (unpaired) electrons.